The van der Waals surface area contributed by atoms with Crippen LogP contribution in [0.5, 0.6) is 0 Å². The first kappa shape index (κ1) is 11.1. The van der Waals surface area contributed by atoms with E-state index in [1.54, 1.807) is 18.3 Å². The standard InChI is InChI=1S/C13H13FN4/c14-13-12(2-1-4-16-13)18-10-6-9-7-15-5-3-11(9)17-8-10/h1-2,4,6,8,15,18H,3,5,7H2. The Morgan fingerprint density at radius 1 is 1.33 bits per heavy atom. The van der Waals surface area contributed by atoms with Gasteiger partial charge in [0.15, 0.2) is 0 Å². The topological polar surface area (TPSA) is 49.8 Å². The van der Waals surface area contributed by atoms with E-state index < -0.39 is 5.95 Å². The predicted octanol–water partition coefficient (Wildman–Crippen LogP) is 2.00. The minimum atomic E-state index is -0.506. The molecule has 1 aliphatic rings. The number of aromatic nitrogens is 2. The summed E-state index contributed by atoms with van der Waals surface area (Å²) in [5.74, 6) is -0.506. The van der Waals surface area contributed by atoms with Crippen LogP contribution in [0.3, 0.4) is 0 Å². The number of halogens is 1. The average Bonchev–Trinajstić information content (AvgIpc) is 2.41. The first-order valence-corrected chi connectivity index (χ1v) is 5.89. The minimum Gasteiger partial charge on any atom is -0.351 e. The van der Waals surface area contributed by atoms with Crippen LogP contribution in [-0.4, -0.2) is 16.5 Å². The summed E-state index contributed by atoms with van der Waals surface area (Å²) in [7, 11) is 0. The van der Waals surface area contributed by atoms with Gasteiger partial charge in [-0.25, -0.2) is 4.98 Å². The molecule has 0 spiro atoms. The van der Waals surface area contributed by atoms with Gasteiger partial charge in [0, 0.05) is 31.4 Å². The summed E-state index contributed by atoms with van der Waals surface area (Å²) in [5, 5.41) is 6.28. The fourth-order valence-corrected chi connectivity index (χ4v) is 2.05. The Labute approximate surface area is 104 Å². The van der Waals surface area contributed by atoms with Gasteiger partial charge in [0.25, 0.3) is 0 Å². The van der Waals surface area contributed by atoms with Gasteiger partial charge in [0.1, 0.15) is 0 Å². The molecule has 2 aromatic heterocycles. The maximum atomic E-state index is 13.4. The number of nitrogens with one attached hydrogen (secondary N) is 2. The zero-order valence-corrected chi connectivity index (χ0v) is 9.78. The van der Waals surface area contributed by atoms with Crippen LogP contribution in [0.4, 0.5) is 15.8 Å². The Kier molecular flexibility index (Phi) is 2.90. The molecule has 0 bridgehead atoms. The van der Waals surface area contributed by atoms with Gasteiger partial charge in [-0.05, 0) is 23.8 Å². The van der Waals surface area contributed by atoms with E-state index in [1.165, 1.54) is 6.20 Å². The molecular formula is C13H13FN4. The molecule has 0 unspecified atom stereocenters. The van der Waals surface area contributed by atoms with Crippen LogP contribution >= 0.6 is 0 Å². The first-order valence-electron chi connectivity index (χ1n) is 5.89. The Morgan fingerprint density at radius 2 is 2.28 bits per heavy atom. The molecule has 2 N–H and O–H groups in total. The minimum absolute atomic E-state index is 0.364. The molecular weight excluding hydrogens is 231 g/mol. The van der Waals surface area contributed by atoms with Crippen LogP contribution in [0.1, 0.15) is 11.3 Å². The van der Waals surface area contributed by atoms with Crippen molar-refractivity contribution in [1.82, 2.24) is 15.3 Å². The third kappa shape index (κ3) is 2.17. The molecule has 0 aliphatic carbocycles. The summed E-state index contributed by atoms with van der Waals surface area (Å²) in [6.45, 7) is 1.78. The SMILES string of the molecule is Fc1ncccc1Nc1cnc2c(c1)CNCC2. The lowest BCUT2D eigenvalue weighted by molar-refractivity contribution is 0.588. The van der Waals surface area contributed by atoms with E-state index >= 15 is 0 Å². The zero-order chi connectivity index (χ0) is 12.4. The molecule has 2 aromatic rings. The van der Waals surface area contributed by atoms with Gasteiger partial charge in [-0.2, -0.15) is 4.39 Å². The number of pyridine rings is 2. The highest BCUT2D eigenvalue weighted by Crippen LogP contribution is 2.21. The number of fused-ring (bicyclic) bond motifs is 1. The summed E-state index contributed by atoms with van der Waals surface area (Å²) in [6.07, 6.45) is 4.10. The van der Waals surface area contributed by atoms with Crippen molar-refractivity contribution in [3.8, 4) is 0 Å². The van der Waals surface area contributed by atoms with Gasteiger partial charge in [0.05, 0.1) is 17.6 Å². The summed E-state index contributed by atoms with van der Waals surface area (Å²) < 4.78 is 13.4. The lowest BCUT2D eigenvalue weighted by atomic mass is 10.1. The monoisotopic (exact) mass is 244 g/mol. The van der Waals surface area contributed by atoms with Crippen molar-refractivity contribution in [3.63, 3.8) is 0 Å². The summed E-state index contributed by atoms with van der Waals surface area (Å²) in [6, 6.07) is 5.35. The van der Waals surface area contributed by atoms with E-state index in [2.05, 4.69) is 20.6 Å². The van der Waals surface area contributed by atoms with Crippen LogP contribution in [0.2, 0.25) is 0 Å². The average molecular weight is 244 g/mol. The van der Waals surface area contributed by atoms with Gasteiger partial charge in [-0.1, -0.05) is 0 Å². The molecule has 3 rings (SSSR count). The lowest BCUT2D eigenvalue weighted by Gasteiger charge is -2.17. The van der Waals surface area contributed by atoms with E-state index in [9.17, 15) is 4.39 Å². The smallest absolute Gasteiger partial charge is 0.236 e. The molecule has 0 amide bonds. The molecule has 0 aromatic carbocycles. The number of rotatable bonds is 2. The Morgan fingerprint density at radius 3 is 3.17 bits per heavy atom. The van der Waals surface area contributed by atoms with E-state index in [-0.39, 0.29) is 0 Å². The summed E-state index contributed by atoms with van der Waals surface area (Å²) in [5.41, 5.74) is 3.42. The Balaban J connectivity index is 1.87. The normalized spacial score (nSPS) is 14.1. The van der Waals surface area contributed by atoms with Crippen molar-refractivity contribution in [2.24, 2.45) is 0 Å². The fraction of sp³-hybridized carbons (Fsp3) is 0.231. The number of hydrogen-bond donors (Lipinski definition) is 2. The van der Waals surface area contributed by atoms with Crippen LogP contribution in [0.15, 0.2) is 30.6 Å². The second-order valence-electron chi connectivity index (χ2n) is 4.22. The van der Waals surface area contributed by atoms with Crippen molar-refractivity contribution in [2.75, 3.05) is 11.9 Å². The van der Waals surface area contributed by atoms with Crippen LogP contribution in [0, 0.1) is 5.95 Å². The van der Waals surface area contributed by atoms with E-state index in [0.717, 1.165) is 36.5 Å². The van der Waals surface area contributed by atoms with Crippen molar-refractivity contribution in [2.45, 2.75) is 13.0 Å². The lowest BCUT2D eigenvalue weighted by Crippen LogP contribution is -2.24. The highest BCUT2D eigenvalue weighted by molar-refractivity contribution is 5.59. The molecule has 5 heteroatoms. The van der Waals surface area contributed by atoms with Gasteiger partial charge in [-0.15, -0.1) is 0 Å². The third-order valence-corrected chi connectivity index (χ3v) is 2.95. The third-order valence-electron chi connectivity index (χ3n) is 2.95. The molecule has 3 heterocycles. The fourth-order valence-electron chi connectivity index (χ4n) is 2.05. The van der Waals surface area contributed by atoms with E-state index in [4.69, 9.17) is 0 Å². The number of nitrogens with zero attached hydrogens (tertiary/aromatic N) is 2. The maximum absolute atomic E-state index is 13.4. The van der Waals surface area contributed by atoms with Gasteiger partial charge < -0.3 is 10.6 Å². The molecule has 0 radical (unpaired) electrons. The molecule has 0 fully saturated rings. The van der Waals surface area contributed by atoms with E-state index in [0.29, 0.717) is 5.69 Å². The second kappa shape index (κ2) is 4.70. The first-order chi connectivity index (χ1) is 8.83. The van der Waals surface area contributed by atoms with Gasteiger partial charge in [-0.3, -0.25) is 4.98 Å². The molecule has 92 valence electrons. The predicted molar refractivity (Wildman–Crippen MR) is 67.1 cm³/mol. The van der Waals surface area contributed by atoms with Crippen LogP contribution < -0.4 is 10.6 Å². The highest BCUT2D eigenvalue weighted by Gasteiger charge is 2.11. The van der Waals surface area contributed by atoms with Gasteiger partial charge >= 0.3 is 0 Å². The molecule has 18 heavy (non-hydrogen) atoms. The number of hydrogen-bond acceptors (Lipinski definition) is 4. The quantitative estimate of drug-likeness (QED) is 0.793. The summed E-state index contributed by atoms with van der Waals surface area (Å²) in [4.78, 5) is 8.00. The largest absolute Gasteiger partial charge is 0.351 e. The maximum Gasteiger partial charge on any atom is 0.236 e. The zero-order valence-electron chi connectivity index (χ0n) is 9.78. The van der Waals surface area contributed by atoms with E-state index in [1.807, 2.05) is 6.07 Å². The Bertz CT molecular complexity index is 571. The molecule has 0 saturated heterocycles. The van der Waals surface area contributed by atoms with Crippen molar-refractivity contribution < 1.29 is 4.39 Å². The molecule has 4 nitrogen and oxygen atoms in total. The molecule has 1 aliphatic heterocycles. The van der Waals surface area contributed by atoms with Crippen molar-refractivity contribution >= 4 is 11.4 Å². The van der Waals surface area contributed by atoms with Crippen LogP contribution in [0.25, 0.3) is 0 Å². The van der Waals surface area contributed by atoms with Crippen molar-refractivity contribution in [1.29, 1.82) is 0 Å². The van der Waals surface area contributed by atoms with Crippen LogP contribution in [-0.2, 0) is 13.0 Å². The van der Waals surface area contributed by atoms with Gasteiger partial charge in [0.2, 0.25) is 5.95 Å². The Hall–Kier alpha value is -2.01. The highest BCUT2D eigenvalue weighted by atomic mass is 19.1. The second-order valence-corrected chi connectivity index (χ2v) is 4.22. The molecule has 0 atom stereocenters. The molecule has 0 saturated carbocycles. The van der Waals surface area contributed by atoms with Crippen molar-refractivity contribution in [3.05, 3.63) is 47.8 Å². The number of anilines is 2. The summed E-state index contributed by atoms with van der Waals surface area (Å²) >= 11 is 0.